The van der Waals surface area contributed by atoms with E-state index < -0.39 is 0 Å². The van der Waals surface area contributed by atoms with Gasteiger partial charge < -0.3 is 10.3 Å². The van der Waals surface area contributed by atoms with E-state index >= 15 is 0 Å². The Bertz CT molecular complexity index is 432. The molecule has 0 bridgehead atoms. The first-order valence-corrected chi connectivity index (χ1v) is 4.61. The van der Waals surface area contributed by atoms with Crippen molar-refractivity contribution in [3.05, 3.63) is 48.0 Å². The maximum Gasteiger partial charge on any atom is 0.110 e. The summed E-state index contributed by atoms with van der Waals surface area (Å²) >= 11 is 0. The molecule has 14 heavy (non-hydrogen) atoms. The quantitative estimate of drug-likeness (QED) is 0.776. The first-order valence-electron chi connectivity index (χ1n) is 4.61. The molecule has 2 N–H and O–H groups in total. The summed E-state index contributed by atoms with van der Waals surface area (Å²) in [6.07, 6.45) is 3.74. The number of rotatable bonds is 2. The fourth-order valence-corrected chi connectivity index (χ4v) is 1.55. The number of nitrogens with two attached hydrogens (primary N) is 1. The van der Waals surface area contributed by atoms with Crippen LogP contribution in [0.25, 0.3) is 5.69 Å². The molecule has 0 spiro atoms. The highest BCUT2D eigenvalue weighted by Crippen LogP contribution is 2.15. The Morgan fingerprint density at radius 1 is 1.36 bits per heavy atom. The van der Waals surface area contributed by atoms with Crippen molar-refractivity contribution < 1.29 is 0 Å². The molecule has 0 amide bonds. The van der Waals surface area contributed by atoms with Crippen molar-refractivity contribution in [3.8, 4) is 5.69 Å². The summed E-state index contributed by atoms with van der Waals surface area (Å²) in [5.41, 5.74) is 7.92. The summed E-state index contributed by atoms with van der Waals surface area (Å²) in [7, 11) is 0. The minimum absolute atomic E-state index is 0.549. The van der Waals surface area contributed by atoms with E-state index in [2.05, 4.69) is 11.1 Å². The Kier molecular flexibility index (Phi) is 2.33. The van der Waals surface area contributed by atoms with Gasteiger partial charge in [-0.15, -0.1) is 0 Å². The average Bonchev–Trinajstić information content (AvgIpc) is 2.64. The molecule has 1 aromatic carbocycles. The molecule has 0 aliphatic heterocycles. The van der Waals surface area contributed by atoms with Gasteiger partial charge in [-0.2, -0.15) is 0 Å². The highest BCUT2D eigenvalue weighted by Gasteiger charge is 2.03. The van der Waals surface area contributed by atoms with E-state index in [-0.39, 0.29) is 0 Å². The number of aryl methyl sites for hydroxylation is 1. The van der Waals surface area contributed by atoms with Crippen LogP contribution in [-0.4, -0.2) is 9.55 Å². The average molecular weight is 187 g/mol. The van der Waals surface area contributed by atoms with Gasteiger partial charge in [0.1, 0.15) is 5.82 Å². The molecule has 3 nitrogen and oxygen atoms in total. The normalized spacial score (nSPS) is 10.4. The maximum absolute atomic E-state index is 5.67. The van der Waals surface area contributed by atoms with E-state index in [0.29, 0.717) is 6.54 Å². The molecular formula is C11H13N3. The predicted octanol–water partition coefficient (Wildman–Crippen LogP) is 1.64. The van der Waals surface area contributed by atoms with E-state index in [1.807, 2.05) is 35.9 Å². The van der Waals surface area contributed by atoms with Crippen LogP contribution >= 0.6 is 0 Å². The highest BCUT2D eigenvalue weighted by atomic mass is 15.1. The zero-order valence-corrected chi connectivity index (χ0v) is 8.14. The molecule has 1 heterocycles. The van der Waals surface area contributed by atoms with Crippen molar-refractivity contribution in [2.24, 2.45) is 5.73 Å². The molecule has 0 saturated carbocycles. The monoisotopic (exact) mass is 187 g/mol. The number of hydrogen-bond donors (Lipinski definition) is 1. The van der Waals surface area contributed by atoms with Crippen LogP contribution in [0, 0.1) is 6.92 Å². The Morgan fingerprint density at radius 2 is 2.14 bits per heavy atom. The van der Waals surface area contributed by atoms with Gasteiger partial charge in [-0.3, -0.25) is 0 Å². The summed E-state index contributed by atoms with van der Waals surface area (Å²) < 4.78 is 2.04. The van der Waals surface area contributed by atoms with Crippen LogP contribution in [0.3, 0.4) is 0 Å². The van der Waals surface area contributed by atoms with Crippen molar-refractivity contribution in [1.82, 2.24) is 9.55 Å². The second-order valence-corrected chi connectivity index (χ2v) is 3.18. The summed E-state index contributed by atoms with van der Waals surface area (Å²) in [6, 6.07) is 8.09. The third-order valence-corrected chi connectivity index (χ3v) is 2.30. The zero-order valence-electron chi connectivity index (χ0n) is 8.14. The molecule has 72 valence electrons. The summed E-state index contributed by atoms with van der Waals surface area (Å²) in [5, 5.41) is 0. The van der Waals surface area contributed by atoms with Crippen LogP contribution in [0.15, 0.2) is 36.7 Å². The molecule has 0 unspecified atom stereocenters. The molecule has 0 fully saturated rings. The topological polar surface area (TPSA) is 43.8 Å². The minimum Gasteiger partial charge on any atom is -0.326 e. The van der Waals surface area contributed by atoms with Crippen molar-refractivity contribution >= 4 is 0 Å². The number of aromatic nitrogens is 2. The molecule has 0 radical (unpaired) electrons. The molecule has 0 aliphatic carbocycles. The van der Waals surface area contributed by atoms with Gasteiger partial charge in [0.2, 0.25) is 0 Å². The van der Waals surface area contributed by atoms with E-state index in [0.717, 1.165) is 17.1 Å². The second-order valence-electron chi connectivity index (χ2n) is 3.18. The summed E-state index contributed by atoms with van der Waals surface area (Å²) in [4.78, 5) is 4.19. The lowest BCUT2D eigenvalue weighted by atomic mass is 10.2. The third-order valence-electron chi connectivity index (χ3n) is 2.30. The van der Waals surface area contributed by atoms with Gasteiger partial charge in [-0.05, 0) is 18.6 Å². The van der Waals surface area contributed by atoms with Crippen LogP contribution in [0.1, 0.15) is 11.4 Å². The number of imidazole rings is 1. The van der Waals surface area contributed by atoms with Gasteiger partial charge in [0.15, 0.2) is 0 Å². The largest absolute Gasteiger partial charge is 0.326 e. The van der Waals surface area contributed by atoms with Crippen molar-refractivity contribution in [3.63, 3.8) is 0 Å². The van der Waals surface area contributed by atoms with Crippen LogP contribution < -0.4 is 5.73 Å². The Balaban J connectivity index is 2.56. The van der Waals surface area contributed by atoms with Gasteiger partial charge in [0, 0.05) is 18.9 Å². The first-order chi connectivity index (χ1) is 6.83. The van der Waals surface area contributed by atoms with Gasteiger partial charge >= 0.3 is 0 Å². The first kappa shape index (κ1) is 8.97. The summed E-state index contributed by atoms with van der Waals surface area (Å²) in [5.74, 6) is 0.978. The van der Waals surface area contributed by atoms with Crippen LogP contribution in [0.4, 0.5) is 0 Å². The second kappa shape index (κ2) is 3.64. The van der Waals surface area contributed by atoms with Crippen molar-refractivity contribution in [2.45, 2.75) is 13.5 Å². The molecule has 3 heteroatoms. The molecule has 1 aromatic heterocycles. The third kappa shape index (κ3) is 1.42. The van der Waals surface area contributed by atoms with E-state index in [9.17, 15) is 0 Å². The Morgan fingerprint density at radius 3 is 2.79 bits per heavy atom. The van der Waals surface area contributed by atoms with E-state index in [4.69, 9.17) is 5.73 Å². The van der Waals surface area contributed by atoms with Gasteiger partial charge in [0.05, 0.1) is 5.69 Å². The van der Waals surface area contributed by atoms with Crippen molar-refractivity contribution in [1.29, 1.82) is 0 Å². The van der Waals surface area contributed by atoms with Gasteiger partial charge in [-0.1, -0.05) is 18.2 Å². The Hall–Kier alpha value is -1.61. The molecule has 0 atom stereocenters. The van der Waals surface area contributed by atoms with Crippen LogP contribution in [0.2, 0.25) is 0 Å². The van der Waals surface area contributed by atoms with Gasteiger partial charge in [0.25, 0.3) is 0 Å². The number of benzene rings is 1. The van der Waals surface area contributed by atoms with E-state index in [1.165, 1.54) is 0 Å². The van der Waals surface area contributed by atoms with Crippen LogP contribution in [0.5, 0.6) is 0 Å². The minimum atomic E-state index is 0.549. The highest BCUT2D eigenvalue weighted by molar-refractivity contribution is 5.41. The molecule has 2 rings (SSSR count). The molecular weight excluding hydrogens is 174 g/mol. The lowest BCUT2D eigenvalue weighted by molar-refractivity contribution is 0.937. The number of para-hydroxylation sites is 1. The molecule has 0 saturated heterocycles. The smallest absolute Gasteiger partial charge is 0.110 e. The Labute approximate surface area is 83.2 Å². The number of hydrogen-bond acceptors (Lipinski definition) is 2. The fraction of sp³-hybridized carbons (Fsp3) is 0.182. The maximum atomic E-state index is 5.67. The summed E-state index contributed by atoms with van der Waals surface area (Å²) in [6.45, 7) is 2.53. The fourth-order valence-electron chi connectivity index (χ4n) is 1.55. The number of nitrogens with zero attached hydrogens (tertiary/aromatic N) is 2. The van der Waals surface area contributed by atoms with Crippen LogP contribution in [-0.2, 0) is 6.54 Å². The molecule has 2 aromatic rings. The SMILES string of the molecule is Cc1nccn1-c1ccccc1CN. The van der Waals surface area contributed by atoms with Gasteiger partial charge in [-0.25, -0.2) is 4.98 Å². The van der Waals surface area contributed by atoms with Crippen molar-refractivity contribution in [2.75, 3.05) is 0 Å². The predicted molar refractivity (Wildman–Crippen MR) is 56.2 cm³/mol. The lowest BCUT2D eigenvalue weighted by Crippen LogP contribution is -2.04. The lowest BCUT2D eigenvalue weighted by Gasteiger charge is -2.09. The molecule has 0 aliphatic rings. The zero-order chi connectivity index (χ0) is 9.97. The standard InChI is InChI=1S/C11H13N3/c1-9-13-6-7-14(9)11-5-3-2-4-10(11)8-12/h2-7H,8,12H2,1H3. The van der Waals surface area contributed by atoms with E-state index in [1.54, 1.807) is 6.20 Å².